The molecule has 0 atom stereocenters. The van der Waals surface area contributed by atoms with Crippen LogP contribution in [0.2, 0.25) is 0 Å². The molecule has 0 fully saturated rings. The molecule has 9 aromatic rings. The van der Waals surface area contributed by atoms with E-state index < -0.39 is 0 Å². The van der Waals surface area contributed by atoms with Crippen LogP contribution in [0.4, 0.5) is 34.1 Å². The highest BCUT2D eigenvalue weighted by Gasteiger charge is 2.39. The summed E-state index contributed by atoms with van der Waals surface area (Å²) in [7, 11) is 0. The normalized spacial score (nSPS) is 12.7. The number of para-hydroxylation sites is 4. The molecule has 0 radical (unpaired) electrons. The van der Waals surface area contributed by atoms with Crippen LogP contribution in [0.25, 0.3) is 43.8 Å². The van der Waals surface area contributed by atoms with Crippen LogP contribution in [-0.4, -0.2) is 0 Å². The number of hydrogen-bond donors (Lipinski definition) is 0. The zero-order valence-electron chi connectivity index (χ0n) is 31.0. The summed E-state index contributed by atoms with van der Waals surface area (Å²) in [5.41, 5.74) is 14.5. The second kappa shape index (κ2) is 13.2. The molecule has 9 aromatic carbocycles. The van der Waals surface area contributed by atoms with Crippen LogP contribution in [0, 0.1) is 0 Å². The van der Waals surface area contributed by atoms with Crippen LogP contribution in [0.15, 0.2) is 206 Å². The van der Waals surface area contributed by atoms with Gasteiger partial charge in [0.25, 0.3) is 0 Å². The van der Waals surface area contributed by atoms with Crippen LogP contribution in [0.5, 0.6) is 0 Å². The first-order valence-corrected chi connectivity index (χ1v) is 19.1. The smallest absolute Gasteiger partial charge is 0.0465 e. The number of benzene rings is 9. The van der Waals surface area contributed by atoms with Gasteiger partial charge >= 0.3 is 0 Å². The summed E-state index contributed by atoms with van der Waals surface area (Å²) in [4.78, 5) is 4.68. The molecule has 0 saturated heterocycles. The predicted octanol–water partition coefficient (Wildman–Crippen LogP) is 14.9. The van der Waals surface area contributed by atoms with Crippen molar-refractivity contribution < 1.29 is 0 Å². The maximum Gasteiger partial charge on any atom is 0.0465 e. The van der Waals surface area contributed by atoms with E-state index in [1.165, 1.54) is 54.9 Å². The van der Waals surface area contributed by atoms with Crippen molar-refractivity contribution in [2.24, 2.45) is 0 Å². The largest absolute Gasteiger partial charge is 0.311 e. The van der Waals surface area contributed by atoms with Crippen LogP contribution < -0.4 is 9.80 Å². The van der Waals surface area contributed by atoms with Gasteiger partial charge in [-0.05, 0) is 134 Å². The summed E-state index contributed by atoms with van der Waals surface area (Å²) in [5, 5.41) is 5.21. The molecule has 0 heterocycles. The molecule has 0 bridgehead atoms. The average molecular weight is 705 g/mol. The Hall–Kier alpha value is -6.90. The van der Waals surface area contributed by atoms with Crippen molar-refractivity contribution in [3.8, 4) is 22.3 Å². The highest BCUT2D eigenvalue weighted by Crippen LogP contribution is 2.56. The lowest BCUT2D eigenvalue weighted by molar-refractivity contribution is 0.666. The van der Waals surface area contributed by atoms with Crippen LogP contribution >= 0.6 is 0 Å². The molecule has 0 spiro atoms. The van der Waals surface area contributed by atoms with E-state index in [0.29, 0.717) is 0 Å². The lowest BCUT2D eigenvalue weighted by atomic mass is 9.78. The Morgan fingerprint density at radius 2 is 0.764 bits per heavy atom. The number of fused-ring (bicyclic) bond motifs is 8. The zero-order chi connectivity index (χ0) is 36.9. The van der Waals surface area contributed by atoms with Gasteiger partial charge in [0.2, 0.25) is 0 Å². The molecule has 2 heteroatoms. The van der Waals surface area contributed by atoms with Gasteiger partial charge in [-0.3, -0.25) is 0 Å². The molecular weight excluding hydrogens is 665 g/mol. The van der Waals surface area contributed by atoms with Crippen molar-refractivity contribution in [1.82, 2.24) is 0 Å². The SMILES string of the molecule is CC1(C)c2cc(N(c3ccccc3)c3ccccc3)ccc2-c2c1c1ccc(-c3ccc(N(c4ccccc4)c4ccccc4)cc3)cc1c1ccccc21. The minimum atomic E-state index is -0.219. The van der Waals surface area contributed by atoms with E-state index in [1.807, 2.05) is 0 Å². The van der Waals surface area contributed by atoms with Gasteiger partial charge in [-0.15, -0.1) is 0 Å². The van der Waals surface area contributed by atoms with Crippen molar-refractivity contribution in [2.45, 2.75) is 19.3 Å². The highest BCUT2D eigenvalue weighted by molar-refractivity contribution is 6.19. The summed E-state index contributed by atoms with van der Waals surface area (Å²) < 4.78 is 0. The van der Waals surface area contributed by atoms with E-state index in [-0.39, 0.29) is 5.41 Å². The third kappa shape index (κ3) is 5.49. The second-order valence-corrected chi connectivity index (χ2v) is 15.0. The lowest BCUT2D eigenvalue weighted by Crippen LogP contribution is -2.17. The number of nitrogens with zero attached hydrogens (tertiary/aromatic N) is 2. The summed E-state index contributed by atoms with van der Waals surface area (Å²) in [6.07, 6.45) is 0. The van der Waals surface area contributed by atoms with Gasteiger partial charge in [0.1, 0.15) is 0 Å². The van der Waals surface area contributed by atoms with Crippen LogP contribution in [0.3, 0.4) is 0 Å². The maximum atomic E-state index is 2.43. The molecule has 55 heavy (non-hydrogen) atoms. The summed E-state index contributed by atoms with van der Waals surface area (Å²) >= 11 is 0. The van der Waals surface area contributed by atoms with Crippen molar-refractivity contribution in [1.29, 1.82) is 0 Å². The molecule has 10 rings (SSSR count). The van der Waals surface area contributed by atoms with Crippen LogP contribution in [-0.2, 0) is 5.41 Å². The van der Waals surface area contributed by atoms with Gasteiger partial charge < -0.3 is 9.80 Å². The fourth-order valence-corrected chi connectivity index (χ4v) is 8.85. The Balaban J connectivity index is 1.09. The Labute approximate surface area is 323 Å². The first kappa shape index (κ1) is 32.7. The van der Waals surface area contributed by atoms with E-state index in [0.717, 1.165) is 34.1 Å². The number of anilines is 6. The molecule has 0 unspecified atom stereocenters. The van der Waals surface area contributed by atoms with Gasteiger partial charge in [0.05, 0.1) is 0 Å². The van der Waals surface area contributed by atoms with Gasteiger partial charge in [-0.25, -0.2) is 0 Å². The van der Waals surface area contributed by atoms with Crippen molar-refractivity contribution in [2.75, 3.05) is 9.80 Å². The third-order valence-corrected chi connectivity index (χ3v) is 11.4. The van der Waals surface area contributed by atoms with Gasteiger partial charge in [0, 0.05) is 39.5 Å². The molecule has 0 amide bonds. The minimum Gasteiger partial charge on any atom is -0.311 e. The zero-order valence-corrected chi connectivity index (χ0v) is 31.0. The van der Waals surface area contributed by atoms with Crippen molar-refractivity contribution >= 4 is 55.7 Å². The van der Waals surface area contributed by atoms with Gasteiger partial charge in [-0.2, -0.15) is 0 Å². The molecule has 0 N–H and O–H groups in total. The fourth-order valence-electron chi connectivity index (χ4n) is 8.85. The molecule has 0 aromatic heterocycles. The molecule has 0 aliphatic heterocycles. The molecule has 0 saturated carbocycles. The summed E-state index contributed by atoms with van der Waals surface area (Å²) in [5.74, 6) is 0. The highest BCUT2D eigenvalue weighted by atomic mass is 15.1. The molecule has 262 valence electrons. The van der Waals surface area contributed by atoms with Crippen LogP contribution in [0.1, 0.15) is 25.0 Å². The molecule has 1 aliphatic carbocycles. The number of hydrogen-bond acceptors (Lipinski definition) is 2. The predicted molar refractivity (Wildman–Crippen MR) is 234 cm³/mol. The molecule has 1 aliphatic rings. The quantitative estimate of drug-likeness (QED) is 0.152. The first-order chi connectivity index (χ1) is 27.1. The monoisotopic (exact) mass is 704 g/mol. The third-order valence-electron chi connectivity index (χ3n) is 11.4. The Bertz CT molecular complexity index is 2730. The molecule has 2 nitrogen and oxygen atoms in total. The Morgan fingerprint density at radius 1 is 0.327 bits per heavy atom. The topological polar surface area (TPSA) is 6.48 Å². The van der Waals surface area contributed by atoms with Crippen molar-refractivity contribution in [3.05, 3.63) is 217 Å². The van der Waals surface area contributed by atoms with E-state index in [1.54, 1.807) is 0 Å². The standard InChI is InChI=1S/C53H40N2/c1-53(2)50-36-44(55(41-21-11-5-12-22-41)42-23-13-6-14-24-42)32-34-48(50)51-46-26-16-15-25-45(46)49-35-38(29-33-47(49)52(51)53)37-27-30-43(31-28-37)54(39-17-7-3-8-18-39)40-19-9-4-10-20-40/h3-36H,1-2H3. The van der Waals surface area contributed by atoms with Gasteiger partial charge in [-0.1, -0.05) is 141 Å². The number of rotatable bonds is 7. The minimum absolute atomic E-state index is 0.219. The lowest BCUT2D eigenvalue weighted by Gasteiger charge is -2.28. The molecular formula is C53H40N2. The van der Waals surface area contributed by atoms with E-state index in [2.05, 4.69) is 230 Å². The fraction of sp³-hybridized carbons (Fsp3) is 0.0566. The van der Waals surface area contributed by atoms with E-state index >= 15 is 0 Å². The summed E-state index contributed by atoms with van der Waals surface area (Å²) in [6, 6.07) is 74.7. The first-order valence-electron chi connectivity index (χ1n) is 19.1. The Morgan fingerprint density at radius 3 is 1.31 bits per heavy atom. The average Bonchev–Trinajstić information content (AvgIpc) is 3.49. The van der Waals surface area contributed by atoms with Crippen molar-refractivity contribution in [3.63, 3.8) is 0 Å². The Kier molecular flexibility index (Phi) is 7.85. The van der Waals surface area contributed by atoms with Gasteiger partial charge in [0.15, 0.2) is 0 Å². The summed E-state index contributed by atoms with van der Waals surface area (Å²) in [6.45, 7) is 4.81. The van der Waals surface area contributed by atoms with E-state index in [4.69, 9.17) is 0 Å². The maximum absolute atomic E-state index is 2.43. The van der Waals surface area contributed by atoms with E-state index in [9.17, 15) is 0 Å². The second-order valence-electron chi connectivity index (χ2n) is 15.0.